The fourth-order valence-electron chi connectivity index (χ4n) is 3.27. The first kappa shape index (κ1) is 17.1. The summed E-state index contributed by atoms with van der Waals surface area (Å²) in [6.45, 7) is 5.76. The molecule has 134 valence electrons. The van der Waals surface area contributed by atoms with Crippen LogP contribution in [-0.4, -0.2) is 56.2 Å². The minimum Gasteiger partial charge on any atom is -0.297 e. The summed E-state index contributed by atoms with van der Waals surface area (Å²) in [7, 11) is 0. The molecule has 1 fully saturated rings. The van der Waals surface area contributed by atoms with Crippen molar-refractivity contribution in [3.8, 4) is 5.69 Å². The van der Waals surface area contributed by atoms with Crippen molar-refractivity contribution in [1.82, 2.24) is 30.0 Å². The molecule has 26 heavy (non-hydrogen) atoms. The topological polar surface area (TPSA) is 50.1 Å². The van der Waals surface area contributed by atoms with Crippen molar-refractivity contribution in [2.75, 3.05) is 26.2 Å². The summed E-state index contributed by atoms with van der Waals surface area (Å²) in [5.41, 5.74) is 2.26. The van der Waals surface area contributed by atoms with Crippen LogP contribution in [0.2, 0.25) is 5.02 Å². The van der Waals surface area contributed by atoms with Gasteiger partial charge in [0.2, 0.25) is 0 Å². The first-order valence-electron chi connectivity index (χ1n) is 8.80. The van der Waals surface area contributed by atoms with Crippen LogP contribution in [-0.2, 0) is 13.1 Å². The van der Waals surface area contributed by atoms with Gasteiger partial charge in [-0.15, -0.1) is 5.10 Å². The van der Waals surface area contributed by atoms with E-state index in [0.29, 0.717) is 0 Å². The summed E-state index contributed by atoms with van der Waals surface area (Å²) in [5, 5.41) is 13.0. The van der Waals surface area contributed by atoms with Crippen molar-refractivity contribution in [2.45, 2.75) is 13.1 Å². The van der Waals surface area contributed by atoms with Crippen LogP contribution in [0.25, 0.3) is 5.69 Å². The Morgan fingerprint density at radius 2 is 1.58 bits per heavy atom. The molecule has 0 radical (unpaired) electrons. The molecule has 1 aliphatic rings. The van der Waals surface area contributed by atoms with Gasteiger partial charge in [-0.05, 0) is 40.3 Å². The number of hydrogen-bond donors (Lipinski definition) is 0. The van der Waals surface area contributed by atoms with Crippen LogP contribution >= 0.6 is 11.6 Å². The fraction of sp³-hybridized carbons (Fsp3) is 0.316. The lowest BCUT2D eigenvalue weighted by molar-refractivity contribution is 0.119. The molecule has 0 saturated carbocycles. The second-order valence-corrected chi connectivity index (χ2v) is 6.96. The third-order valence-electron chi connectivity index (χ3n) is 4.66. The van der Waals surface area contributed by atoms with Gasteiger partial charge in [0, 0.05) is 37.7 Å². The Morgan fingerprint density at radius 1 is 0.846 bits per heavy atom. The highest BCUT2D eigenvalue weighted by atomic mass is 35.5. The average molecular weight is 369 g/mol. The van der Waals surface area contributed by atoms with Crippen molar-refractivity contribution < 1.29 is 0 Å². The van der Waals surface area contributed by atoms with E-state index in [2.05, 4.69) is 31.4 Å². The number of aromatic nitrogens is 4. The van der Waals surface area contributed by atoms with Gasteiger partial charge in [-0.2, -0.15) is 4.68 Å². The van der Waals surface area contributed by atoms with Gasteiger partial charge in [0.05, 0.1) is 12.2 Å². The molecule has 0 bridgehead atoms. The maximum Gasteiger partial charge on any atom is 0.170 e. The van der Waals surface area contributed by atoms with Crippen molar-refractivity contribution in [3.05, 3.63) is 71.0 Å². The highest BCUT2D eigenvalue weighted by Crippen LogP contribution is 2.15. The van der Waals surface area contributed by atoms with E-state index in [1.54, 1.807) is 0 Å². The molecule has 0 N–H and O–H groups in total. The predicted molar refractivity (Wildman–Crippen MR) is 101 cm³/mol. The first-order valence-corrected chi connectivity index (χ1v) is 9.17. The van der Waals surface area contributed by atoms with Crippen LogP contribution < -0.4 is 0 Å². The van der Waals surface area contributed by atoms with E-state index in [9.17, 15) is 0 Å². The second kappa shape index (κ2) is 7.95. The lowest BCUT2D eigenvalue weighted by Gasteiger charge is -2.34. The zero-order chi connectivity index (χ0) is 17.8. The lowest BCUT2D eigenvalue weighted by atomic mass is 10.2. The van der Waals surface area contributed by atoms with Crippen molar-refractivity contribution >= 4 is 11.6 Å². The number of rotatable bonds is 5. The van der Waals surface area contributed by atoms with Crippen LogP contribution in [0, 0.1) is 0 Å². The minimum atomic E-state index is 0.757. The third kappa shape index (κ3) is 4.09. The molecule has 6 nitrogen and oxygen atoms in total. The average Bonchev–Trinajstić information content (AvgIpc) is 3.12. The van der Waals surface area contributed by atoms with E-state index in [-0.39, 0.29) is 0 Å². The Morgan fingerprint density at radius 3 is 2.31 bits per heavy atom. The number of para-hydroxylation sites is 1. The molecule has 1 aliphatic heterocycles. The molecular weight excluding hydrogens is 348 g/mol. The standard InChI is InChI=1S/C19H21ClN6/c20-17-6-4-5-16(13-17)14-24-9-11-25(12-10-24)15-19-21-22-23-26(19)18-7-2-1-3-8-18/h1-8,13H,9-12,14-15H2. The summed E-state index contributed by atoms with van der Waals surface area (Å²) in [6.07, 6.45) is 0. The van der Waals surface area contributed by atoms with Crippen LogP contribution in [0.3, 0.4) is 0 Å². The Hall–Kier alpha value is -2.28. The van der Waals surface area contributed by atoms with Gasteiger partial charge >= 0.3 is 0 Å². The number of nitrogens with zero attached hydrogens (tertiary/aromatic N) is 6. The summed E-state index contributed by atoms with van der Waals surface area (Å²) in [6, 6.07) is 18.1. The smallest absolute Gasteiger partial charge is 0.170 e. The van der Waals surface area contributed by atoms with E-state index in [4.69, 9.17) is 11.6 Å². The quantitative estimate of drug-likeness (QED) is 0.693. The monoisotopic (exact) mass is 368 g/mol. The zero-order valence-corrected chi connectivity index (χ0v) is 15.3. The normalized spacial score (nSPS) is 16.0. The van der Waals surface area contributed by atoms with Gasteiger partial charge in [0.1, 0.15) is 0 Å². The van der Waals surface area contributed by atoms with Crippen molar-refractivity contribution in [3.63, 3.8) is 0 Å². The second-order valence-electron chi connectivity index (χ2n) is 6.52. The van der Waals surface area contributed by atoms with Crippen molar-refractivity contribution in [1.29, 1.82) is 0 Å². The molecule has 1 saturated heterocycles. The number of tetrazole rings is 1. The van der Waals surface area contributed by atoms with E-state index < -0.39 is 0 Å². The molecule has 0 spiro atoms. The molecule has 7 heteroatoms. The Labute approximate surface area is 158 Å². The largest absolute Gasteiger partial charge is 0.297 e. The summed E-state index contributed by atoms with van der Waals surface area (Å²) >= 11 is 6.08. The van der Waals surface area contributed by atoms with Gasteiger partial charge in [-0.25, -0.2) is 0 Å². The maximum atomic E-state index is 6.08. The minimum absolute atomic E-state index is 0.757. The summed E-state index contributed by atoms with van der Waals surface area (Å²) < 4.78 is 1.82. The predicted octanol–water partition coefficient (Wildman–Crippen LogP) is 2.63. The van der Waals surface area contributed by atoms with Gasteiger partial charge in [0.15, 0.2) is 5.82 Å². The molecule has 2 heterocycles. The van der Waals surface area contributed by atoms with Crippen LogP contribution in [0.4, 0.5) is 0 Å². The van der Waals surface area contributed by atoms with Gasteiger partial charge in [-0.1, -0.05) is 41.9 Å². The molecular formula is C19H21ClN6. The Balaban J connectivity index is 1.34. The van der Waals surface area contributed by atoms with E-state index in [0.717, 1.165) is 55.8 Å². The zero-order valence-electron chi connectivity index (χ0n) is 14.5. The van der Waals surface area contributed by atoms with E-state index >= 15 is 0 Å². The van der Waals surface area contributed by atoms with Gasteiger partial charge in [-0.3, -0.25) is 9.80 Å². The molecule has 4 rings (SSSR count). The molecule has 2 aromatic carbocycles. The molecule has 0 aliphatic carbocycles. The highest BCUT2D eigenvalue weighted by Gasteiger charge is 2.19. The summed E-state index contributed by atoms with van der Waals surface area (Å²) in [5.74, 6) is 0.875. The van der Waals surface area contributed by atoms with Crippen LogP contribution in [0.1, 0.15) is 11.4 Å². The molecule has 0 atom stereocenters. The fourth-order valence-corrected chi connectivity index (χ4v) is 3.49. The first-order chi connectivity index (χ1) is 12.8. The number of benzene rings is 2. The Bertz CT molecular complexity index is 842. The maximum absolute atomic E-state index is 6.08. The van der Waals surface area contributed by atoms with Gasteiger partial charge in [0.25, 0.3) is 0 Å². The highest BCUT2D eigenvalue weighted by molar-refractivity contribution is 6.30. The number of hydrogen-bond acceptors (Lipinski definition) is 5. The van der Waals surface area contributed by atoms with E-state index in [1.165, 1.54) is 5.56 Å². The third-order valence-corrected chi connectivity index (χ3v) is 4.90. The molecule has 0 unspecified atom stereocenters. The SMILES string of the molecule is Clc1cccc(CN2CCN(Cc3nnnn3-c3ccccc3)CC2)c1. The molecule has 1 aromatic heterocycles. The lowest BCUT2D eigenvalue weighted by Crippen LogP contribution is -2.45. The van der Waals surface area contributed by atoms with Crippen LogP contribution in [0.15, 0.2) is 54.6 Å². The molecule has 0 amide bonds. The van der Waals surface area contributed by atoms with Crippen LogP contribution in [0.5, 0.6) is 0 Å². The van der Waals surface area contributed by atoms with Gasteiger partial charge < -0.3 is 0 Å². The number of piperazine rings is 1. The summed E-state index contributed by atoms with van der Waals surface area (Å²) in [4.78, 5) is 4.86. The Kier molecular flexibility index (Phi) is 5.24. The molecule has 3 aromatic rings. The van der Waals surface area contributed by atoms with Crippen molar-refractivity contribution in [2.24, 2.45) is 0 Å². The number of halogens is 1. The van der Waals surface area contributed by atoms with E-state index in [1.807, 2.05) is 53.2 Å².